The van der Waals surface area contributed by atoms with Gasteiger partial charge in [0.25, 0.3) is 0 Å². The Balaban J connectivity index is 2.04. The van der Waals surface area contributed by atoms with Crippen molar-refractivity contribution in [1.82, 2.24) is 0 Å². The van der Waals surface area contributed by atoms with E-state index in [1.54, 1.807) is 0 Å². The first-order valence-corrected chi connectivity index (χ1v) is 6.50. The van der Waals surface area contributed by atoms with Crippen LogP contribution in [-0.2, 0) is 16.0 Å². The third-order valence-electron chi connectivity index (χ3n) is 4.01. The molecular weight excluding hydrogens is 242 g/mol. The van der Waals surface area contributed by atoms with Crippen molar-refractivity contribution in [2.24, 2.45) is 17.3 Å². The highest BCUT2D eigenvalue weighted by Gasteiger charge is 2.65. The molecule has 1 saturated carbocycles. The summed E-state index contributed by atoms with van der Waals surface area (Å²) < 4.78 is 0. The first-order chi connectivity index (χ1) is 8.87. The molecule has 0 aromatic heterocycles. The summed E-state index contributed by atoms with van der Waals surface area (Å²) in [5.74, 6) is -2.13. The quantitative estimate of drug-likeness (QED) is 0.875. The van der Waals surface area contributed by atoms with Gasteiger partial charge in [-0.15, -0.1) is 0 Å². The summed E-state index contributed by atoms with van der Waals surface area (Å²) in [6.07, 6.45) is 0.949. The molecule has 2 atom stereocenters. The van der Waals surface area contributed by atoms with Crippen LogP contribution in [0.3, 0.4) is 0 Å². The zero-order valence-electron chi connectivity index (χ0n) is 11.4. The molecule has 0 spiro atoms. The molecule has 1 fully saturated rings. The maximum atomic E-state index is 12.1. The molecule has 19 heavy (non-hydrogen) atoms. The van der Waals surface area contributed by atoms with Gasteiger partial charge in [-0.2, -0.15) is 0 Å². The molecule has 2 rings (SSSR count). The number of nitrogens with one attached hydrogen (secondary N) is 1. The van der Waals surface area contributed by atoms with Crippen molar-refractivity contribution < 1.29 is 14.7 Å². The molecule has 0 saturated heterocycles. The summed E-state index contributed by atoms with van der Waals surface area (Å²) in [7, 11) is 0. The van der Waals surface area contributed by atoms with Gasteiger partial charge in [-0.05, 0) is 29.5 Å². The van der Waals surface area contributed by atoms with Crippen molar-refractivity contribution in [1.29, 1.82) is 0 Å². The van der Waals surface area contributed by atoms with Crippen LogP contribution in [0.25, 0.3) is 0 Å². The van der Waals surface area contributed by atoms with E-state index in [4.69, 9.17) is 5.11 Å². The highest BCUT2D eigenvalue weighted by Crippen LogP contribution is 2.58. The van der Waals surface area contributed by atoms with E-state index >= 15 is 0 Å². The van der Waals surface area contributed by atoms with Crippen molar-refractivity contribution in [3.05, 3.63) is 29.8 Å². The van der Waals surface area contributed by atoms with Crippen LogP contribution in [0.1, 0.15) is 26.3 Å². The van der Waals surface area contributed by atoms with Crippen LogP contribution in [0, 0.1) is 17.3 Å². The van der Waals surface area contributed by atoms with E-state index in [-0.39, 0.29) is 5.91 Å². The topological polar surface area (TPSA) is 66.4 Å². The highest BCUT2D eigenvalue weighted by atomic mass is 16.4. The van der Waals surface area contributed by atoms with Crippen LogP contribution in [0.5, 0.6) is 0 Å². The molecule has 1 aromatic rings. The van der Waals surface area contributed by atoms with E-state index in [9.17, 15) is 9.59 Å². The molecular formula is C15H19NO3. The molecule has 0 unspecified atom stereocenters. The zero-order valence-corrected chi connectivity index (χ0v) is 11.4. The van der Waals surface area contributed by atoms with Crippen LogP contribution in [-0.4, -0.2) is 17.0 Å². The predicted molar refractivity (Wildman–Crippen MR) is 72.8 cm³/mol. The highest BCUT2D eigenvalue weighted by molar-refractivity contribution is 5.99. The minimum absolute atomic E-state index is 0.207. The van der Waals surface area contributed by atoms with Crippen molar-refractivity contribution >= 4 is 17.6 Å². The van der Waals surface area contributed by atoms with Gasteiger partial charge in [-0.3, -0.25) is 9.59 Å². The average Bonchev–Trinajstić information content (AvgIpc) is 2.93. The number of aliphatic carboxylic acids is 1. The van der Waals surface area contributed by atoms with Gasteiger partial charge in [0.05, 0.1) is 11.8 Å². The molecule has 4 nitrogen and oxygen atoms in total. The minimum Gasteiger partial charge on any atom is -0.481 e. The Morgan fingerprint density at radius 3 is 2.21 bits per heavy atom. The standard InChI is InChI=1S/C15H19NO3/c1-4-9-5-7-10(8-6-9)16-13(17)11-12(14(18)19)15(11,2)3/h5-8,11-12H,4H2,1-3H3,(H,16,17)(H,18,19)/t11-,12+/m0/s1. The lowest BCUT2D eigenvalue weighted by atomic mass is 10.1. The van der Waals surface area contributed by atoms with Gasteiger partial charge in [0, 0.05) is 5.69 Å². The number of hydrogen-bond acceptors (Lipinski definition) is 2. The molecule has 0 bridgehead atoms. The predicted octanol–water partition coefficient (Wildman–Crippen LogP) is 2.54. The van der Waals surface area contributed by atoms with Gasteiger partial charge in [0.1, 0.15) is 0 Å². The normalized spacial score (nSPS) is 23.7. The molecule has 1 amide bonds. The second-order valence-corrected chi connectivity index (χ2v) is 5.65. The number of hydrogen-bond donors (Lipinski definition) is 2. The van der Waals surface area contributed by atoms with E-state index < -0.39 is 23.2 Å². The maximum absolute atomic E-state index is 12.1. The van der Waals surface area contributed by atoms with Gasteiger partial charge >= 0.3 is 5.97 Å². The molecule has 102 valence electrons. The summed E-state index contributed by atoms with van der Waals surface area (Å²) in [5.41, 5.74) is 1.46. The van der Waals surface area contributed by atoms with Gasteiger partial charge in [-0.25, -0.2) is 0 Å². The molecule has 0 radical (unpaired) electrons. The van der Waals surface area contributed by atoms with Crippen molar-refractivity contribution in [3.63, 3.8) is 0 Å². The van der Waals surface area contributed by atoms with Gasteiger partial charge in [0.2, 0.25) is 5.91 Å². The fraction of sp³-hybridized carbons (Fsp3) is 0.467. The van der Waals surface area contributed by atoms with Gasteiger partial charge in [0.15, 0.2) is 0 Å². The lowest BCUT2D eigenvalue weighted by molar-refractivity contribution is -0.140. The van der Waals surface area contributed by atoms with Crippen LogP contribution < -0.4 is 5.32 Å². The van der Waals surface area contributed by atoms with Crippen molar-refractivity contribution in [2.45, 2.75) is 27.2 Å². The van der Waals surface area contributed by atoms with E-state index in [0.717, 1.165) is 6.42 Å². The molecule has 0 heterocycles. The molecule has 0 aliphatic heterocycles. The number of carbonyl (C=O) groups excluding carboxylic acids is 1. The third kappa shape index (κ3) is 2.48. The zero-order chi connectivity index (χ0) is 14.2. The van der Waals surface area contributed by atoms with Crippen LogP contribution in [0.15, 0.2) is 24.3 Å². The summed E-state index contributed by atoms with van der Waals surface area (Å²) in [4.78, 5) is 23.1. The largest absolute Gasteiger partial charge is 0.481 e. The number of carboxylic acid groups (broad SMARTS) is 1. The van der Waals surface area contributed by atoms with Crippen LogP contribution >= 0.6 is 0 Å². The van der Waals surface area contributed by atoms with Crippen molar-refractivity contribution in [2.75, 3.05) is 5.32 Å². The summed E-state index contributed by atoms with van der Waals surface area (Å²) >= 11 is 0. The first kappa shape index (κ1) is 13.6. The molecule has 1 aliphatic carbocycles. The number of amides is 1. The van der Waals surface area contributed by atoms with E-state index in [1.807, 2.05) is 38.1 Å². The minimum atomic E-state index is -0.897. The van der Waals surface area contributed by atoms with Gasteiger partial charge in [-0.1, -0.05) is 32.9 Å². The van der Waals surface area contributed by atoms with E-state index in [2.05, 4.69) is 12.2 Å². The van der Waals surface area contributed by atoms with Crippen LogP contribution in [0.4, 0.5) is 5.69 Å². The Morgan fingerprint density at radius 1 is 1.21 bits per heavy atom. The molecule has 1 aliphatic rings. The Labute approximate surface area is 112 Å². The first-order valence-electron chi connectivity index (χ1n) is 6.50. The van der Waals surface area contributed by atoms with Gasteiger partial charge < -0.3 is 10.4 Å². The third-order valence-corrected chi connectivity index (χ3v) is 4.01. The number of anilines is 1. The number of carbonyl (C=O) groups is 2. The summed E-state index contributed by atoms with van der Waals surface area (Å²) in [5, 5.41) is 11.9. The Bertz CT molecular complexity index is 505. The summed E-state index contributed by atoms with van der Waals surface area (Å²) in [6, 6.07) is 7.62. The Hall–Kier alpha value is -1.84. The second-order valence-electron chi connectivity index (χ2n) is 5.65. The SMILES string of the molecule is CCc1ccc(NC(=O)[C@@H]2[C@H](C(=O)O)C2(C)C)cc1. The molecule has 4 heteroatoms. The molecule has 2 N–H and O–H groups in total. The smallest absolute Gasteiger partial charge is 0.307 e. The fourth-order valence-electron chi connectivity index (χ4n) is 2.63. The average molecular weight is 261 g/mol. The van der Waals surface area contributed by atoms with Crippen molar-refractivity contribution in [3.8, 4) is 0 Å². The van der Waals surface area contributed by atoms with E-state index in [0.29, 0.717) is 5.69 Å². The number of carboxylic acids is 1. The number of benzene rings is 1. The number of rotatable bonds is 4. The number of aryl methyl sites for hydroxylation is 1. The van der Waals surface area contributed by atoms with E-state index in [1.165, 1.54) is 5.56 Å². The lowest BCUT2D eigenvalue weighted by Crippen LogP contribution is -2.17. The fourth-order valence-corrected chi connectivity index (χ4v) is 2.63. The van der Waals surface area contributed by atoms with Crippen LogP contribution in [0.2, 0.25) is 0 Å². The Kier molecular flexibility index (Phi) is 3.35. The lowest BCUT2D eigenvalue weighted by Gasteiger charge is -2.06. The second kappa shape index (κ2) is 4.68. The monoisotopic (exact) mass is 261 g/mol. The maximum Gasteiger partial charge on any atom is 0.307 e. The Morgan fingerprint density at radius 2 is 1.79 bits per heavy atom. The summed E-state index contributed by atoms with van der Waals surface area (Å²) in [6.45, 7) is 5.70. The molecule has 1 aromatic carbocycles.